The van der Waals surface area contributed by atoms with Crippen LogP contribution in [0.5, 0.6) is 11.5 Å². The van der Waals surface area contributed by atoms with Crippen molar-refractivity contribution < 1.29 is 24.4 Å². The third-order valence-electron chi connectivity index (χ3n) is 4.24. The number of benzene rings is 2. The first-order chi connectivity index (χ1) is 14.5. The molecule has 0 radical (unpaired) electrons. The van der Waals surface area contributed by atoms with E-state index < -0.39 is 16.3 Å². The van der Waals surface area contributed by atoms with E-state index in [-0.39, 0.29) is 11.4 Å². The molecule has 152 valence electrons. The highest BCUT2D eigenvalue weighted by atomic mass is 32.2. The summed E-state index contributed by atoms with van der Waals surface area (Å²) in [7, 11) is 1.28. The van der Waals surface area contributed by atoms with Crippen LogP contribution in [0.25, 0.3) is 0 Å². The average Bonchev–Trinajstić information content (AvgIpc) is 3.19. The van der Waals surface area contributed by atoms with E-state index in [9.17, 15) is 20.1 Å². The number of esters is 1. The van der Waals surface area contributed by atoms with Gasteiger partial charge in [0.15, 0.2) is 5.37 Å². The second-order valence-corrected chi connectivity index (χ2v) is 7.21. The quantitative estimate of drug-likeness (QED) is 0.437. The molecule has 2 aliphatic rings. The van der Waals surface area contributed by atoms with Gasteiger partial charge in [-0.2, -0.15) is 0 Å². The first-order valence-corrected chi connectivity index (χ1v) is 9.45. The lowest BCUT2D eigenvalue weighted by Crippen LogP contribution is -2.29. The number of rotatable bonds is 5. The maximum Gasteiger partial charge on any atom is 0.337 e. The fourth-order valence-electron chi connectivity index (χ4n) is 2.80. The average molecular weight is 426 g/mol. The molecule has 0 fully saturated rings. The van der Waals surface area contributed by atoms with Gasteiger partial charge < -0.3 is 9.47 Å². The van der Waals surface area contributed by atoms with Crippen molar-refractivity contribution in [3.63, 3.8) is 0 Å². The molecule has 0 aromatic heterocycles. The Morgan fingerprint density at radius 1 is 1.27 bits per heavy atom. The molecule has 30 heavy (non-hydrogen) atoms. The number of thioether (sulfide) groups is 1. The van der Waals surface area contributed by atoms with Crippen LogP contribution in [0.2, 0.25) is 0 Å². The zero-order valence-electron chi connectivity index (χ0n) is 15.5. The number of nitrogens with zero attached hydrogens (tertiary/aromatic N) is 4. The standard InChI is InChI=1S/C19H14N4O6S/c1-28-19(24)11-2-5-13(6-3-11)29-16-7-4-12(8-15(16)23(26)27)17-21-14-9-20-10-22(25)18(14)30-17/h2-10,18,25H,1H3. The summed E-state index contributed by atoms with van der Waals surface area (Å²) in [6.07, 6.45) is 2.80. The monoisotopic (exact) mass is 426 g/mol. The number of hydroxylamine groups is 2. The Bertz CT molecular complexity index is 1110. The van der Waals surface area contributed by atoms with Crippen molar-refractivity contribution in [1.29, 1.82) is 0 Å². The van der Waals surface area contributed by atoms with Gasteiger partial charge in [0.1, 0.15) is 17.1 Å². The summed E-state index contributed by atoms with van der Waals surface area (Å²) in [6.45, 7) is 0. The Balaban J connectivity index is 1.60. The Hall–Kier alpha value is -3.70. The van der Waals surface area contributed by atoms with Gasteiger partial charge >= 0.3 is 11.7 Å². The summed E-state index contributed by atoms with van der Waals surface area (Å²) >= 11 is 1.25. The molecule has 1 unspecified atom stereocenters. The zero-order valence-corrected chi connectivity index (χ0v) is 16.3. The van der Waals surface area contributed by atoms with Crippen molar-refractivity contribution in [2.75, 3.05) is 7.11 Å². The molecule has 1 N–H and O–H groups in total. The number of ether oxygens (including phenoxy) is 2. The number of fused-ring (bicyclic) bond motifs is 1. The number of nitro groups is 1. The molecule has 0 bridgehead atoms. The van der Waals surface area contributed by atoms with Crippen molar-refractivity contribution >= 4 is 34.8 Å². The van der Waals surface area contributed by atoms with Crippen molar-refractivity contribution in [1.82, 2.24) is 5.06 Å². The SMILES string of the molecule is COC(=O)c1ccc(Oc2ccc(C3=NC4=CN=CN(O)C4S3)cc2[N+](=O)[O-])cc1. The second kappa shape index (κ2) is 7.97. The van der Waals surface area contributed by atoms with E-state index in [4.69, 9.17) is 4.74 Å². The molecule has 1 atom stereocenters. The van der Waals surface area contributed by atoms with Crippen LogP contribution < -0.4 is 4.74 Å². The van der Waals surface area contributed by atoms with Gasteiger partial charge in [-0.15, -0.1) is 0 Å². The molecule has 0 aliphatic carbocycles. The summed E-state index contributed by atoms with van der Waals surface area (Å²) in [5.41, 5.74) is 1.16. The third kappa shape index (κ3) is 3.75. The van der Waals surface area contributed by atoms with E-state index in [2.05, 4.69) is 14.7 Å². The number of nitro benzene ring substituents is 1. The van der Waals surface area contributed by atoms with Gasteiger partial charge in [0.2, 0.25) is 5.75 Å². The number of carbonyl (C=O) groups excluding carboxylic acids is 1. The molecular formula is C19H14N4O6S. The van der Waals surface area contributed by atoms with Crippen molar-refractivity contribution in [2.24, 2.45) is 9.98 Å². The summed E-state index contributed by atoms with van der Waals surface area (Å²) in [5, 5.41) is 22.5. The molecule has 11 heteroatoms. The Morgan fingerprint density at radius 2 is 2.03 bits per heavy atom. The highest BCUT2D eigenvalue weighted by Gasteiger charge is 2.32. The second-order valence-electron chi connectivity index (χ2n) is 6.14. The molecule has 2 heterocycles. The first-order valence-electron chi connectivity index (χ1n) is 8.57. The zero-order chi connectivity index (χ0) is 21.3. The lowest BCUT2D eigenvalue weighted by atomic mass is 10.2. The van der Waals surface area contributed by atoms with Gasteiger partial charge in [-0.05, 0) is 36.4 Å². The number of hydrogen-bond acceptors (Lipinski definition) is 10. The van der Waals surface area contributed by atoms with E-state index >= 15 is 0 Å². The minimum absolute atomic E-state index is 0.0434. The molecule has 0 saturated carbocycles. The Morgan fingerprint density at radius 3 is 2.70 bits per heavy atom. The van der Waals surface area contributed by atoms with Crippen molar-refractivity contribution in [3.8, 4) is 11.5 Å². The van der Waals surface area contributed by atoms with Crippen LogP contribution in [0.1, 0.15) is 15.9 Å². The fourth-order valence-corrected chi connectivity index (χ4v) is 3.83. The van der Waals surface area contributed by atoms with E-state index in [1.165, 1.54) is 67.8 Å². The summed E-state index contributed by atoms with van der Waals surface area (Å²) < 4.78 is 10.3. The van der Waals surface area contributed by atoms with E-state index in [0.717, 1.165) is 5.06 Å². The number of carbonyl (C=O) groups is 1. The Kier molecular flexibility index (Phi) is 5.21. The predicted molar refractivity (Wildman–Crippen MR) is 109 cm³/mol. The highest BCUT2D eigenvalue weighted by molar-refractivity contribution is 8.15. The van der Waals surface area contributed by atoms with E-state index in [1.807, 2.05) is 0 Å². The van der Waals surface area contributed by atoms with Gasteiger partial charge in [0.25, 0.3) is 0 Å². The smallest absolute Gasteiger partial charge is 0.337 e. The van der Waals surface area contributed by atoms with Crippen molar-refractivity contribution in [2.45, 2.75) is 5.37 Å². The van der Waals surface area contributed by atoms with Crippen LogP contribution in [-0.4, -0.2) is 45.0 Å². The van der Waals surface area contributed by atoms with E-state index in [0.29, 0.717) is 27.6 Å². The molecule has 0 saturated heterocycles. The van der Waals surface area contributed by atoms with Crippen LogP contribution in [0, 0.1) is 10.1 Å². The number of aliphatic imine (C=N–C) groups is 2. The van der Waals surface area contributed by atoms with Crippen molar-refractivity contribution in [3.05, 3.63) is 75.6 Å². The fraction of sp³-hybridized carbons (Fsp3) is 0.105. The molecule has 4 rings (SSSR count). The molecule has 2 aliphatic heterocycles. The lowest BCUT2D eigenvalue weighted by Gasteiger charge is -2.20. The largest absolute Gasteiger partial charge is 0.465 e. The van der Waals surface area contributed by atoms with Gasteiger partial charge in [-0.25, -0.2) is 19.8 Å². The van der Waals surface area contributed by atoms with Crippen LogP contribution in [-0.2, 0) is 4.74 Å². The maximum absolute atomic E-state index is 11.6. The minimum Gasteiger partial charge on any atom is -0.465 e. The lowest BCUT2D eigenvalue weighted by molar-refractivity contribution is -0.385. The molecule has 0 spiro atoms. The predicted octanol–water partition coefficient (Wildman–Crippen LogP) is 3.57. The topological polar surface area (TPSA) is 127 Å². The van der Waals surface area contributed by atoms with Crippen LogP contribution >= 0.6 is 11.8 Å². The molecular weight excluding hydrogens is 412 g/mol. The van der Waals surface area contributed by atoms with Gasteiger partial charge in [0, 0.05) is 11.6 Å². The molecule has 10 nitrogen and oxygen atoms in total. The molecule has 2 aromatic carbocycles. The highest BCUT2D eigenvalue weighted by Crippen LogP contribution is 2.38. The minimum atomic E-state index is -0.546. The van der Waals surface area contributed by atoms with Gasteiger partial charge in [0.05, 0.1) is 29.5 Å². The maximum atomic E-state index is 11.6. The van der Waals surface area contributed by atoms with E-state index in [1.54, 1.807) is 6.07 Å². The number of methoxy groups -OCH3 is 1. The van der Waals surface area contributed by atoms with Crippen LogP contribution in [0.4, 0.5) is 5.69 Å². The summed E-state index contributed by atoms with van der Waals surface area (Å²) in [6, 6.07) is 10.5. The first kappa shape index (κ1) is 19.6. The molecule has 2 aromatic rings. The summed E-state index contributed by atoms with van der Waals surface area (Å²) in [5.74, 6) is -0.119. The third-order valence-corrected chi connectivity index (χ3v) is 5.48. The van der Waals surface area contributed by atoms with Crippen LogP contribution in [0.15, 0.2) is 64.3 Å². The molecule has 0 amide bonds. The number of hydrogen-bond donors (Lipinski definition) is 1. The van der Waals surface area contributed by atoms with Crippen LogP contribution in [0.3, 0.4) is 0 Å². The summed E-state index contributed by atoms with van der Waals surface area (Å²) in [4.78, 5) is 30.8. The van der Waals surface area contributed by atoms with Gasteiger partial charge in [-0.3, -0.25) is 15.3 Å². The van der Waals surface area contributed by atoms with Gasteiger partial charge in [-0.1, -0.05) is 11.8 Å². The normalized spacial score (nSPS) is 17.1. The Labute approximate surface area is 174 Å².